The van der Waals surface area contributed by atoms with Crippen LogP contribution < -0.4 is 10.6 Å². The Morgan fingerprint density at radius 1 is 1.42 bits per heavy atom. The summed E-state index contributed by atoms with van der Waals surface area (Å²) in [6.45, 7) is 3.28. The second kappa shape index (κ2) is 7.69. The number of rotatable bonds is 4. The normalized spacial score (nSPS) is 19.8. The summed E-state index contributed by atoms with van der Waals surface area (Å²) in [7, 11) is 0. The largest absolute Gasteiger partial charge is 0.391 e. The number of carbonyl (C=O) groups is 1. The second-order valence-corrected chi connectivity index (χ2v) is 5.57. The number of carbonyl (C=O) groups excluding carboxylic acids is 1. The molecule has 1 aromatic heterocycles. The molecule has 0 bridgehead atoms. The Labute approximate surface area is 144 Å². The van der Waals surface area contributed by atoms with Crippen LogP contribution in [-0.2, 0) is 0 Å². The molecule has 24 heavy (non-hydrogen) atoms. The van der Waals surface area contributed by atoms with E-state index < -0.39 is 12.0 Å². The van der Waals surface area contributed by atoms with Crippen LogP contribution in [0, 0.1) is 18.7 Å². The van der Waals surface area contributed by atoms with Gasteiger partial charge in [0.05, 0.1) is 11.8 Å². The molecule has 7 nitrogen and oxygen atoms in total. The van der Waals surface area contributed by atoms with Gasteiger partial charge in [-0.2, -0.15) is 0 Å². The van der Waals surface area contributed by atoms with Gasteiger partial charge in [0.2, 0.25) is 5.82 Å². The van der Waals surface area contributed by atoms with Crippen molar-refractivity contribution in [3.63, 3.8) is 0 Å². The van der Waals surface area contributed by atoms with Gasteiger partial charge in [0.15, 0.2) is 0 Å². The molecule has 2 unspecified atom stereocenters. The number of halogens is 2. The summed E-state index contributed by atoms with van der Waals surface area (Å²) >= 11 is 0. The van der Waals surface area contributed by atoms with Gasteiger partial charge in [0.1, 0.15) is 11.6 Å². The van der Waals surface area contributed by atoms with Crippen molar-refractivity contribution in [2.24, 2.45) is 5.92 Å². The number of β-amino-alcohol motifs (C(OH)–C–C–N with tert-alkyl or cyclic N) is 1. The Balaban J connectivity index is 0.00000208. The van der Waals surface area contributed by atoms with Crippen molar-refractivity contribution in [3.8, 4) is 5.69 Å². The van der Waals surface area contributed by atoms with Crippen molar-refractivity contribution in [3.05, 3.63) is 41.7 Å². The number of aromatic nitrogens is 3. The van der Waals surface area contributed by atoms with Crippen molar-refractivity contribution >= 4 is 18.3 Å². The SMILES string of the molecule is Cc1nc(C(=O)NCC2CNCC2O)nn1-c1ccc(F)cc1.Cl. The van der Waals surface area contributed by atoms with E-state index in [1.807, 2.05) is 0 Å². The van der Waals surface area contributed by atoms with Crippen LogP contribution in [0.15, 0.2) is 24.3 Å². The van der Waals surface area contributed by atoms with Crippen LogP contribution >= 0.6 is 12.4 Å². The number of hydrogen-bond acceptors (Lipinski definition) is 5. The molecule has 0 spiro atoms. The maximum atomic E-state index is 13.0. The molecule has 2 aromatic rings. The fraction of sp³-hybridized carbons (Fsp3) is 0.400. The summed E-state index contributed by atoms with van der Waals surface area (Å²) in [6.07, 6.45) is -0.457. The van der Waals surface area contributed by atoms with Gasteiger partial charge in [-0.3, -0.25) is 4.79 Å². The number of hydrogen-bond donors (Lipinski definition) is 3. The Morgan fingerprint density at radius 2 is 2.12 bits per heavy atom. The summed E-state index contributed by atoms with van der Waals surface area (Å²) in [5, 5.41) is 19.7. The third-order valence-electron chi connectivity index (χ3n) is 3.87. The van der Waals surface area contributed by atoms with E-state index in [0.717, 1.165) is 0 Å². The molecule has 3 rings (SSSR count). The fourth-order valence-electron chi connectivity index (χ4n) is 2.54. The highest BCUT2D eigenvalue weighted by molar-refractivity contribution is 5.90. The van der Waals surface area contributed by atoms with Gasteiger partial charge in [0, 0.05) is 25.6 Å². The first-order chi connectivity index (χ1) is 11.0. The smallest absolute Gasteiger partial charge is 0.290 e. The lowest BCUT2D eigenvalue weighted by atomic mass is 10.1. The van der Waals surface area contributed by atoms with Crippen LogP contribution in [-0.4, -0.2) is 51.5 Å². The van der Waals surface area contributed by atoms with Crippen molar-refractivity contribution in [2.45, 2.75) is 13.0 Å². The lowest BCUT2D eigenvalue weighted by Gasteiger charge is -2.12. The molecule has 2 heterocycles. The van der Waals surface area contributed by atoms with Crippen LogP contribution in [0.1, 0.15) is 16.4 Å². The quantitative estimate of drug-likeness (QED) is 0.740. The standard InChI is InChI=1S/C15H18FN5O2.ClH/c1-9-19-14(15(23)18-7-10-6-17-8-13(10)22)20-21(9)12-4-2-11(16)3-5-12;/h2-5,10,13,17,22H,6-8H2,1H3,(H,18,23);1H. The second-order valence-electron chi connectivity index (χ2n) is 5.57. The maximum absolute atomic E-state index is 13.0. The van der Waals surface area contributed by atoms with Crippen molar-refractivity contribution in [1.29, 1.82) is 0 Å². The summed E-state index contributed by atoms with van der Waals surface area (Å²) in [5.74, 6) is -0.169. The summed E-state index contributed by atoms with van der Waals surface area (Å²) in [5.41, 5.74) is 0.630. The Kier molecular flexibility index (Phi) is 5.87. The zero-order chi connectivity index (χ0) is 16.4. The molecule has 130 valence electrons. The van der Waals surface area contributed by atoms with E-state index in [0.29, 0.717) is 31.1 Å². The van der Waals surface area contributed by atoms with Crippen LogP contribution in [0.25, 0.3) is 5.69 Å². The number of benzene rings is 1. The molecule has 2 atom stereocenters. The maximum Gasteiger partial charge on any atom is 0.290 e. The minimum absolute atomic E-state index is 0. The topological polar surface area (TPSA) is 92.1 Å². The summed E-state index contributed by atoms with van der Waals surface area (Å²) in [4.78, 5) is 16.3. The lowest BCUT2D eigenvalue weighted by molar-refractivity contribution is 0.0917. The molecule has 0 aliphatic carbocycles. The molecule has 1 aliphatic heterocycles. The molecule has 9 heteroatoms. The predicted octanol–water partition coefficient (Wildman–Crippen LogP) is 0.447. The van der Waals surface area contributed by atoms with Crippen LogP contribution in [0.2, 0.25) is 0 Å². The van der Waals surface area contributed by atoms with Gasteiger partial charge in [-0.1, -0.05) is 0 Å². The molecule has 0 radical (unpaired) electrons. The fourth-order valence-corrected chi connectivity index (χ4v) is 2.54. The van der Waals surface area contributed by atoms with Gasteiger partial charge in [0.25, 0.3) is 5.91 Å². The minimum Gasteiger partial charge on any atom is -0.391 e. The van der Waals surface area contributed by atoms with E-state index in [1.165, 1.54) is 16.8 Å². The molecule has 1 amide bonds. The monoisotopic (exact) mass is 355 g/mol. The molecular formula is C15H19ClFN5O2. The molecule has 3 N–H and O–H groups in total. The number of aliphatic hydroxyl groups excluding tert-OH is 1. The number of nitrogens with one attached hydrogen (secondary N) is 2. The van der Waals surface area contributed by atoms with Crippen molar-refractivity contribution in [2.75, 3.05) is 19.6 Å². The number of aliphatic hydroxyl groups is 1. The highest BCUT2D eigenvalue weighted by atomic mass is 35.5. The van der Waals surface area contributed by atoms with E-state index in [1.54, 1.807) is 19.1 Å². The molecule has 1 aromatic carbocycles. The number of amides is 1. The average molecular weight is 356 g/mol. The van der Waals surface area contributed by atoms with E-state index in [9.17, 15) is 14.3 Å². The van der Waals surface area contributed by atoms with Crippen LogP contribution in [0.5, 0.6) is 0 Å². The first kappa shape index (κ1) is 18.3. The Hall–Kier alpha value is -2.03. The molecule has 0 saturated carbocycles. The average Bonchev–Trinajstić information content (AvgIpc) is 3.12. The van der Waals surface area contributed by atoms with E-state index in [2.05, 4.69) is 20.7 Å². The highest BCUT2D eigenvalue weighted by Crippen LogP contribution is 2.11. The first-order valence-electron chi connectivity index (χ1n) is 7.41. The number of aryl methyl sites for hydroxylation is 1. The lowest BCUT2D eigenvalue weighted by Crippen LogP contribution is -2.34. The zero-order valence-electron chi connectivity index (χ0n) is 13.1. The third-order valence-corrected chi connectivity index (χ3v) is 3.87. The predicted molar refractivity (Wildman–Crippen MR) is 88.0 cm³/mol. The summed E-state index contributed by atoms with van der Waals surface area (Å²) in [6, 6.07) is 5.79. The van der Waals surface area contributed by atoms with Crippen LogP contribution in [0.4, 0.5) is 4.39 Å². The van der Waals surface area contributed by atoms with Crippen LogP contribution in [0.3, 0.4) is 0 Å². The molecule has 1 saturated heterocycles. The van der Waals surface area contributed by atoms with Crippen molar-refractivity contribution in [1.82, 2.24) is 25.4 Å². The van der Waals surface area contributed by atoms with Gasteiger partial charge in [-0.25, -0.2) is 14.1 Å². The summed E-state index contributed by atoms with van der Waals surface area (Å²) < 4.78 is 14.5. The molecule has 1 fully saturated rings. The van der Waals surface area contributed by atoms with E-state index >= 15 is 0 Å². The zero-order valence-corrected chi connectivity index (χ0v) is 13.9. The minimum atomic E-state index is -0.457. The third kappa shape index (κ3) is 3.89. The molecular weight excluding hydrogens is 337 g/mol. The van der Waals surface area contributed by atoms with E-state index in [-0.39, 0.29) is 30.0 Å². The van der Waals surface area contributed by atoms with E-state index in [4.69, 9.17) is 0 Å². The van der Waals surface area contributed by atoms with Gasteiger partial charge in [-0.05, 0) is 31.2 Å². The Morgan fingerprint density at radius 3 is 2.75 bits per heavy atom. The highest BCUT2D eigenvalue weighted by Gasteiger charge is 2.26. The molecule has 1 aliphatic rings. The number of nitrogens with zero attached hydrogens (tertiary/aromatic N) is 3. The van der Waals surface area contributed by atoms with Gasteiger partial charge < -0.3 is 15.7 Å². The van der Waals surface area contributed by atoms with Gasteiger partial charge in [-0.15, -0.1) is 17.5 Å². The first-order valence-corrected chi connectivity index (χ1v) is 7.41. The van der Waals surface area contributed by atoms with Gasteiger partial charge >= 0.3 is 0 Å². The Bertz CT molecular complexity index is 706. The van der Waals surface area contributed by atoms with Crippen molar-refractivity contribution < 1.29 is 14.3 Å².